The third kappa shape index (κ3) is 0.934. The molecule has 2 aliphatic rings. The molecule has 0 amide bonds. The van der Waals surface area contributed by atoms with Crippen LogP contribution in [0.1, 0.15) is 13.8 Å². The van der Waals surface area contributed by atoms with Gasteiger partial charge in [-0.1, -0.05) is 13.8 Å². The summed E-state index contributed by atoms with van der Waals surface area (Å²) >= 11 is 0. The Bertz CT molecular complexity index is 193. The van der Waals surface area contributed by atoms with E-state index < -0.39 is 6.29 Å². The predicted molar refractivity (Wildman–Crippen MR) is 45.6 cm³/mol. The molecule has 0 bridgehead atoms. The second-order valence-corrected chi connectivity index (χ2v) is 4.51. The molecule has 1 aliphatic heterocycles. The third-order valence-corrected chi connectivity index (χ3v) is 3.65. The highest BCUT2D eigenvalue weighted by molar-refractivity contribution is 5.15. The fraction of sp³-hybridized carbons (Fsp3) is 1.00. The summed E-state index contributed by atoms with van der Waals surface area (Å²) < 4.78 is 4.92. The lowest BCUT2D eigenvalue weighted by Gasteiger charge is -2.22. The number of fused-ring (bicyclic) bond motifs is 1. The van der Waals surface area contributed by atoms with Crippen molar-refractivity contribution in [3.63, 3.8) is 0 Å². The van der Waals surface area contributed by atoms with Gasteiger partial charge in [-0.05, 0) is 23.8 Å². The first-order valence-electron chi connectivity index (χ1n) is 4.53. The zero-order valence-corrected chi connectivity index (χ0v) is 7.87. The Balaban J connectivity index is 2.03. The highest BCUT2D eigenvalue weighted by Gasteiger charge is 2.65. The maximum atomic E-state index is 9.50. The van der Waals surface area contributed by atoms with E-state index in [0.29, 0.717) is 11.3 Å². The summed E-state index contributed by atoms with van der Waals surface area (Å²) in [6.07, 6.45) is -0.637. The van der Waals surface area contributed by atoms with E-state index in [2.05, 4.69) is 19.2 Å². The molecule has 2 rings (SSSR count). The van der Waals surface area contributed by atoms with Gasteiger partial charge >= 0.3 is 0 Å². The molecule has 1 saturated carbocycles. The molecule has 70 valence electrons. The first-order valence-corrected chi connectivity index (χ1v) is 4.53. The molecule has 4 atom stereocenters. The number of hydrogen-bond donors (Lipinski definition) is 2. The lowest BCUT2D eigenvalue weighted by Crippen LogP contribution is -2.41. The molecule has 0 radical (unpaired) electrons. The van der Waals surface area contributed by atoms with Gasteiger partial charge in [0, 0.05) is 7.11 Å². The van der Waals surface area contributed by atoms with Crippen LogP contribution in [-0.4, -0.2) is 31.1 Å². The molecule has 3 nitrogen and oxygen atoms in total. The number of piperidine rings is 1. The van der Waals surface area contributed by atoms with Gasteiger partial charge in [-0.15, -0.1) is 0 Å². The summed E-state index contributed by atoms with van der Waals surface area (Å²) in [5.41, 5.74) is 0.412. The van der Waals surface area contributed by atoms with Crippen LogP contribution >= 0.6 is 0 Å². The van der Waals surface area contributed by atoms with Crippen molar-refractivity contribution in [3.05, 3.63) is 0 Å². The number of aliphatic hydroxyl groups excluding tert-OH is 1. The van der Waals surface area contributed by atoms with E-state index in [0.717, 1.165) is 12.5 Å². The van der Waals surface area contributed by atoms with Gasteiger partial charge in [0.15, 0.2) is 6.29 Å². The monoisotopic (exact) mass is 171 g/mol. The number of hydrogen-bond acceptors (Lipinski definition) is 3. The highest BCUT2D eigenvalue weighted by atomic mass is 16.6. The number of ether oxygens (including phenoxy) is 1. The van der Waals surface area contributed by atoms with Crippen molar-refractivity contribution < 1.29 is 9.84 Å². The fourth-order valence-electron chi connectivity index (χ4n) is 2.70. The van der Waals surface area contributed by atoms with E-state index in [1.165, 1.54) is 0 Å². The average molecular weight is 171 g/mol. The number of methoxy groups -OCH3 is 1. The Morgan fingerprint density at radius 1 is 1.58 bits per heavy atom. The van der Waals surface area contributed by atoms with Gasteiger partial charge in [-0.25, -0.2) is 0 Å². The summed E-state index contributed by atoms with van der Waals surface area (Å²) in [6, 6.07) is 0.148. The summed E-state index contributed by atoms with van der Waals surface area (Å²) in [5, 5.41) is 12.8. The van der Waals surface area contributed by atoms with Crippen molar-refractivity contribution in [2.24, 2.45) is 17.3 Å². The molecule has 0 aromatic heterocycles. The lowest BCUT2D eigenvalue weighted by atomic mass is 10.0. The average Bonchev–Trinajstić information content (AvgIpc) is 2.52. The van der Waals surface area contributed by atoms with Crippen LogP contribution in [0.3, 0.4) is 0 Å². The van der Waals surface area contributed by atoms with E-state index in [1.807, 2.05) is 0 Å². The van der Waals surface area contributed by atoms with Crippen LogP contribution in [0.2, 0.25) is 0 Å². The Morgan fingerprint density at radius 3 is 2.67 bits per heavy atom. The standard InChI is InChI=1S/C9H17NO2/c1-9(2)5-4-10-7(6(5)9)8(11)12-3/h5-8,10-11H,4H2,1-3H3/t5?,6?,7-,8-/m0/s1. The Morgan fingerprint density at radius 2 is 2.25 bits per heavy atom. The van der Waals surface area contributed by atoms with Crippen molar-refractivity contribution in [2.75, 3.05) is 13.7 Å². The molecule has 3 heteroatoms. The Hall–Kier alpha value is -0.120. The molecule has 2 fully saturated rings. The molecule has 1 heterocycles. The lowest BCUT2D eigenvalue weighted by molar-refractivity contribution is -0.100. The van der Waals surface area contributed by atoms with E-state index in [1.54, 1.807) is 7.11 Å². The minimum absolute atomic E-state index is 0.148. The largest absolute Gasteiger partial charge is 0.367 e. The van der Waals surface area contributed by atoms with Crippen molar-refractivity contribution in [1.29, 1.82) is 0 Å². The van der Waals surface area contributed by atoms with Gasteiger partial charge in [0.05, 0.1) is 6.04 Å². The molecule has 12 heavy (non-hydrogen) atoms. The van der Waals surface area contributed by atoms with Crippen LogP contribution in [0.15, 0.2) is 0 Å². The van der Waals surface area contributed by atoms with E-state index in [9.17, 15) is 5.11 Å². The first kappa shape index (κ1) is 8.48. The van der Waals surface area contributed by atoms with Gasteiger partial charge in [-0.2, -0.15) is 0 Å². The van der Waals surface area contributed by atoms with Crippen molar-refractivity contribution in [2.45, 2.75) is 26.2 Å². The maximum absolute atomic E-state index is 9.50. The SMILES string of the molecule is CO[C@H](O)[C@H]1NCC2C1C2(C)C. The fourth-order valence-corrected chi connectivity index (χ4v) is 2.70. The van der Waals surface area contributed by atoms with Gasteiger partial charge in [0.25, 0.3) is 0 Å². The van der Waals surface area contributed by atoms with E-state index in [-0.39, 0.29) is 6.04 Å². The minimum Gasteiger partial charge on any atom is -0.367 e. The minimum atomic E-state index is -0.637. The molecule has 0 aromatic rings. The molecule has 2 unspecified atom stereocenters. The summed E-state index contributed by atoms with van der Waals surface area (Å²) in [6.45, 7) is 5.56. The highest BCUT2D eigenvalue weighted by Crippen LogP contribution is 2.62. The smallest absolute Gasteiger partial charge is 0.169 e. The second kappa shape index (κ2) is 2.44. The van der Waals surface area contributed by atoms with Crippen LogP contribution in [-0.2, 0) is 4.74 Å². The molecule has 0 spiro atoms. The molecular weight excluding hydrogens is 154 g/mol. The molecule has 2 N–H and O–H groups in total. The zero-order valence-electron chi connectivity index (χ0n) is 7.87. The topological polar surface area (TPSA) is 41.5 Å². The quantitative estimate of drug-likeness (QED) is 0.583. The van der Waals surface area contributed by atoms with Crippen LogP contribution in [0.5, 0.6) is 0 Å². The summed E-state index contributed by atoms with van der Waals surface area (Å²) in [7, 11) is 1.55. The van der Waals surface area contributed by atoms with Gasteiger partial charge in [0.2, 0.25) is 0 Å². The van der Waals surface area contributed by atoms with Gasteiger partial charge in [-0.3, -0.25) is 0 Å². The third-order valence-electron chi connectivity index (χ3n) is 3.65. The van der Waals surface area contributed by atoms with Crippen LogP contribution in [0, 0.1) is 17.3 Å². The summed E-state index contributed by atoms with van der Waals surface area (Å²) in [4.78, 5) is 0. The van der Waals surface area contributed by atoms with Crippen LogP contribution < -0.4 is 5.32 Å². The molecule has 1 aliphatic carbocycles. The summed E-state index contributed by atoms with van der Waals surface area (Å²) in [5.74, 6) is 1.35. The normalized spacial score (nSPS) is 45.5. The number of nitrogens with one attached hydrogen (secondary N) is 1. The van der Waals surface area contributed by atoms with Crippen LogP contribution in [0.25, 0.3) is 0 Å². The van der Waals surface area contributed by atoms with Crippen molar-refractivity contribution >= 4 is 0 Å². The van der Waals surface area contributed by atoms with Crippen molar-refractivity contribution in [1.82, 2.24) is 5.32 Å². The molecular formula is C9H17NO2. The maximum Gasteiger partial charge on any atom is 0.169 e. The second-order valence-electron chi connectivity index (χ2n) is 4.51. The Labute approximate surface area is 73.1 Å². The predicted octanol–water partition coefficient (Wildman–Crippen LogP) is 0.195. The zero-order chi connectivity index (χ0) is 8.93. The van der Waals surface area contributed by atoms with E-state index >= 15 is 0 Å². The molecule has 0 aromatic carbocycles. The van der Waals surface area contributed by atoms with Crippen LogP contribution in [0.4, 0.5) is 0 Å². The van der Waals surface area contributed by atoms with Gasteiger partial charge in [0.1, 0.15) is 0 Å². The first-order chi connectivity index (χ1) is 5.59. The van der Waals surface area contributed by atoms with Crippen molar-refractivity contribution in [3.8, 4) is 0 Å². The number of rotatable bonds is 2. The number of aliphatic hydroxyl groups is 1. The van der Waals surface area contributed by atoms with Gasteiger partial charge < -0.3 is 15.2 Å². The molecule has 1 saturated heterocycles. The Kier molecular flexibility index (Phi) is 1.72. The van der Waals surface area contributed by atoms with E-state index in [4.69, 9.17) is 4.74 Å².